The number of hydrogen-bond donors (Lipinski definition) is 1. The van der Waals surface area contributed by atoms with Crippen molar-refractivity contribution in [2.45, 2.75) is 4.90 Å². The molecule has 0 fully saturated rings. The molecule has 0 radical (unpaired) electrons. The standard InChI is InChI=1S/C12H16ClF2N3O3S/c1-17(2)12(19)16-6-7-18(3)22(20,21)9-5-4-8(14)10(13)11(9)15/h4-5H,6-7H2,1-3H3,(H,16,19). The van der Waals surface area contributed by atoms with E-state index in [9.17, 15) is 22.0 Å². The van der Waals surface area contributed by atoms with Gasteiger partial charge in [-0.15, -0.1) is 0 Å². The van der Waals surface area contributed by atoms with Crippen molar-refractivity contribution in [3.05, 3.63) is 28.8 Å². The van der Waals surface area contributed by atoms with E-state index in [0.717, 1.165) is 16.4 Å². The van der Waals surface area contributed by atoms with Crippen LogP contribution in [0.3, 0.4) is 0 Å². The van der Waals surface area contributed by atoms with Gasteiger partial charge in [-0.25, -0.2) is 22.0 Å². The first-order valence-electron chi connectivity index (χ1n) is 6.14. The van der Waals surface area contributed by atoms with Gasteiger partial charge >= 0.3 is 6.03 Å². The molecule has 0 aromatic heterocycles. The van der Waals surface area contributed by atoms with Gasteiger partial charge in [0.25, 0.3) is 0 Å². The van der Waals surface area contributed by atoms with Crippen LogP contribution < -0.4 is 5.32 Å². The highest BCUT2D eigenvalue weighted by Crippen LogP contribution is 2.26. The first kappa shape index (κ1) is 18.6. The van der Waals surface area contributed by atoms with Crippen molar-refractivity contribution in [3.8, 4) is 0 Å². The van der Waals surface area contributed by atoms with E-state index in [-0.39, 0.29) is 19.1 Å². The number of nitrogens with one attached hydrogen (secondary N) is 1. The summed E-state index contributed by atoms with van der Waals surface area (Å²) >= 11 is 5.38. The number of hydrogen-bond acceptors (Lipinski definition) is 3. The highest BCUT2D eigenvalue weighted by molar-refractivity contribution is 7.89. The minimum Gasteiger partial charge on any atom is -0.337 e. The Morgan fingerprint density at radius 2 is 1.86 bits per heavy atom. The van der Waals surface area contributed by atoms with Crippen LogP contribution in [0.1, 0.15) is 0 Å². The van der Waals surface area contributed by atoms with Gasteiger partial charge in [0.2, 0.25) is 10.0 Å². The molecular formula is C12H16ClF2N3O3S. The molecule has 0 heterocycles. The normalized spacial score (nSPS) is 11.6. The minimum atomic E-state index is -4.18. The minimum absolute atomic E-state index is 0.0310. The average Bonchev–Trinajstić information content (AvgIpc) is 2.44. The van der Waals surface area contributed by atoms with Crippen LogP contribution >= 0.6 is 11.6 Å². The molecular weight excluding hydrogens is 340 g/mol. The zero-order chi connectivity index (χ0) is 17.1. The molecule has 6 nitrogen and oxygen atoms in total. The maximum Gasteiger partial charge on any atom is 0.316 e. The van der Waals surface area contributed by atoms with E-state index in [2.05, 4.69) is 5.32 Å². The number of halogens is 3. The fraction of sp³-hybridized carbons (Fsp3) is 0.417. The van der Waals surface area contributed by atoms with Crippen molar-refractivity contribution in [1.82, 2.24) is 14.5 Å². The largest absolute Gasteiger partial charge is 0.337 e. The van der Waals surface area contributed by atoms with E-state index < -0.39 is 31.6 Å². The van der Waals surface area contributed by atoms with E-state index in [0.29, 0.717) is 0 Å². The molecule has 0 spiro atoms. The first-order valence-corrected chi connectivity index (χ1v) is 7.95. The third-order valence-electron chi connectivity index (χ3n) is 2.80. The Bertz CT molecular complexity index is 668. The Kier molecular flexibility index (Phi) is 6.09. The third-order valence-corrected chi connectivity index (χ3v) is 5.02. The SMILES string of the molecule is CN(C)C(=O)NCCN(C)S(=O)(=O)c1ccc(F)c(Cl)c1F. The maximum absolute atomic E-state index is 13.8. The van der Waals surface area contributed by atoms with E-state index >= 15 is 0 Å². The van der Waals surface area contributed by atoms with Gasteiger partial charge in [0.15, 0.2) is 5.82 Å². The van der Waals surface area contributed by atoms with Gasteiger partial charge < -0.3 is 10.2 Å². The molecule has 1 N–H and O–H groups in total. The number of nitrogens with zero attached hydrogens (tertiary/aromatic N) is 2. The molecule has 10 heteroatoms. The summed E-state index contributed by atoms with van der Waals surface area (Å²) in [7, 11) is 0.0982. The lowest BCUT2D eigenvalue weighted by Gasteiger charge is -2.19. The number of benzene rings is 1. The van der Waals surface area contributed by atoms with Crippen LogP contribution in [0.2, 0.25) is 5.02 Å². The number of carbonyl (C=O) groups is 1. The lowest BCUT2D eigenvalue weighted by molar-refractivity contribution is 0.217. The Morgan fingerprint density at radius 3 is 2.41 bits per heavy atom. The van der Waals surface area contributed by atoms with Crippen molar-refractivity contribution in [1.29, 1.82) is 0 Å². The van der Waals surface area contributed by atoms with Crippen molar-refractivity contribution >= 4 is 27.7 Å². The molecule has 0 atom stereocenters. The number of urea groups is 1. The summed E-state index contributed by atoms with van der Waals surface area (Å²) in [6.07, 6.45) is 0. The third kappa shape index (κ3) is 4.05. The second kappa shape index (κ2) is 7.21. The highest BCUT2D eigenvalue weighted by Gasteiger charge is 2.27. The van der Waals surface area contributed by atoms with Crippen molar-refractivity contribution in [3.63, 3.8) is 0 Å². The van der Waals surface area contributed by atoms with E-state index in [1.54, 1.807) is 0 Å². The molecule has 0 saturated carbocycles. The van der Waals surface area contributed by atoms with Gasteiger partial charge in [-0.2, -0.15) is 4.31 Å². The zero-order valence-electron chi connectivity index (χ0n) is 12.2. The summed E-state index contributed by atoms with van der Waals surface area (Å²) in [5.74, 6) is -2.38. The molecule has 1 rings (SSSR count). The van der Waals surface area contributed by atoms with E-state index in [1.165, 1.54) is 26.0 Å². The average molecular weight is 356 g/mol. The summed E-state index contributed by atoms with van der Waals surface area (Å²) in [5, 5.41) is 1.59. The molecule has 2 amide bonds. The zero-order valence-corrected chi connectivity index (χ0v) is 13.8. The Morgan fingerprint density at radius 1 is 1.27 bits per heavy atom. The Balaban J connectivity index is 2.86. The molecule has 0 saturated heterocycles. The molecule has 22 heavy (non-hydrogen) atoms. The molecule has 0 bridgehead atoms. The topological polar surface area (TPSA) is 69.7 Å². The molecule has 1 aromatic carbocycles. The lowest BCUT2D eigenvalue weighted by Crippen LogP contribution is -2.40. The van der Waals surface area contributed by atoms with Gasteiger partial charge in [0, 0.05) is 34.2 Å². The molecule has 0 aliphatic carbocycles. The Labute approximate surface area is 132 Å². The number of sulfonamides is 1. The lowest BCUT2D eigenvalue weighted by atomic mass is 10.3. The van der Waals surface area contributed by atoms with Crippen molar-refractivity contribution in [2.24, 2.45) is 0 Å². The fourth-order valence-electron chi connectivity index (χ4n) is 1.47. The van der Waals surface area contributed by atoms with Crippen LogP contribution in [0, 0.1) is 11.6 Å². The maximum atomic E-state index is 13.8. The summed E-state index contributed by atoms with van der Waals surface area (Å²) in [6, 6.07) is 1.20. The van der Waals surface area contributed by atoms with Gasteiger partial charge in [0.05, 0.1) is 0 Å². The molecule has 0 aliphatic heterocycles. The molecule has 124 valence electrons. The van der Waals surface area contributed by atoms with Crippen LogP contribution in [-0.2, 0) is 10.0 Å². The monoisotopic (exact) mass is 355 g/mol. The van der Waals surface area contributed by atoms with Crippen LogP contribution in [0.15, 0.2) is 17.0 Å². The van der Waals surface area contributed by atoms with Gasteiger partial charge in [-0.1, -0.05) is 11.6 Å². The Hall–Kier alpha value is -1.45. The van der Waals surface area contributed by atoms with Crippen LogP contribution in [-0.4, -0.2) is 57.9 Å². The van der Waals surface area contributed by atoms with Gasteiger partial charge in [-0.05, 0) is 12.1 Å². The van der Waals surface area contributed by atoms with E-state index in [4.69, 9.17) is 11.6 Å². The van der Waals surface area contributed by atoms with Gasteiger partial charge in [-0.3, -0.25) is 0 Å². The second-order valence-electron chi connectivity index (χ2n) is 4.63. The number of amides is 2. The second-order valence-corrected chi connectivity index (χ2v) is 7.02. The quantitative estimate of drug-likeness (QED) is 0.814. The predicted octanol–water partition coefficient (Wildman–Crippen LogP) is 1.51. The van der Waals surface area contributed by atoms with Crippen molar-refractivity contribution < 1.29 is 22.0 Å². The predicted molar refractivity (Wildman–Crippen MR) is 78.3 cm³/mol. The smallest absolute Gasteiger partial charge is 0.316 e. The molecule has 0 unspecified atom stereocenters. The fourth-order valence-corrected chi connectivity index (χ4v) is 2.93. The summed E-state index contributed by atoms with van der Waals surface area (Å²) < 4.78 is 52.2. The first-order chi connectivity index (χ1) is 10.1. The van der Waals surface area contributed by atoms with Crippen LogP contribution in [0.4, 0.5) is 13.6 Å². The van der Waals surface area contributed by atoms with Gasteiger partial charge in [0.1, 0.15) is 15.7 Å². The van der Waals surface area contributed by atoms with Crippen LogP contribution in [0.25, 0.3) is 0 Å². The van der Waals surface area contributed by atoms with Crippen LogP contribution in [0.5, 0.6) is 0 Å². The highest BCUT2D eigenvalue weighted by atomic mass is 35.5. The van der Waals surface area contributed by atoms with E-state index in [1.807, 2.05) is 0 Å². The summed E-state index contributed by atoms with van der Waals surface area (Å²) in [6.45, 7) is -0.0559. The molecule has 0 aliphatic rings. The number of rotatable bonds is 5. The number of carbonyl (C=O) groups excluding carboxylic acids is 1. The molecule has 1 aromatic rings. The summed E-state index contributed by atoms with van der Waals surface area (Å²) in [5.41, 5.74) is 0. The summed E-state index contributed by atoms with van der Waals surface area (Å²) in [4.78, 5) is 11.9. The number of likely N-dealkylation sites (N-methyl/N-ethyl adjacent to an activating group) is 1. The van der Waals surface area contributed by atoms with Crippen molar-refractivity contribution in [2.75, 3.05) is 34.2 Å².